The van der Waals surface area contributed by atoms with Gasteiger partial charge in [0.25, 0.3) is 0 Å². The van der Waals surface area contributed by atoms with E-state index in [0.29, 0.717) is 5.76 Å². The van der Waals surface area contributed by atoms with Crippen LogP contribution in [0.1, 0.15) is 36.7 Å². The molecule has 0 saturated carbocycles. The van der Waals surface area contributed by atoms with Gasteiger partial charge in [0.2, 0.25) is 0 Å². The van der Waals surface area contributed by atoms with E-state index in [4.69, 9.17) is 9.15 Å². The van der Waals surface area contributed by atoms with Crippen LogP contribution in [0.2, 0.25) is 0 Å². The summed E-state index contributed by atoms with van der Waals surface area (Å²) in [7, 11) is 0. The first kappa shape index (κ1) is 18.3. The Bertz CT molecular complexity index is 579. The molecule has 0 radical (unpaired) electrons. The smallest absolute Gasteiger partial charge is 0.396 e. The first-order chi connectivity index (χ1) is 11.0. The van der Waals surface area contributed by atoms with Crippen LogP contribution < -0.4 is 5.32 Å². The van der Waals surface area contributed by atoms with E-state index >= 15 is 0 Å². The average molecular weight is 326 g/mol. The summed E-state index contributed by atoms with van der Waals surface area (Å²) in [6.07, 6.45) is 1.60. The van der Waals surface area contributed by atoms with E-state index in [0.717, 1.165) is 0 Å². The molecule has 0 saturated heterocycles. The summed E-state index contributed by atoms with van der Waals surface area (Å²) in [5.74, 6) is -2.81. The zero-order chi connectivity index (χ0) is 17.2. The van der Waals surface area contributed by atoms with E-state index < -0.39 is 17.8 Å². The van der Waals surface area contributed by atoms with Gasteiger partial charge in [-0.25, -0.2) is 14.6 Å². The lowest BCUT2D eigenvalue weighted by atomic mass is 10.2. The monoisotopic (exact) mass is 326 g/mol. The van der Waals surface area contributed by atoms with Gasteiger partial charge >= 0.3 is 23.7 Å². The van der Waals surface area contributed by atoms with Gasteiger partial charge < -0.3 is 19.2 Å². The quantitative estimate of drug-likeness (QED) is 0.524. The highest BCUT2D eigenvalue weighted by molar-refractivity contribution is 6.32. The maximum Gasteiger partial charge on any atom is 0.396 e. The number of aromatic nitrogens is 1. The average Bonchev–Trinajstić information content (AvgIpc) is 3.00. The third kappa shape index (κ3) is 6.29. The van der Waals surface area contributed by atoms with Gasteiger partial charge in [0.1, 0.15) is 5.76 Å². The fourth-order valence-corrected chi connectivity index (χ4v) is 1.51. The summed E-state index contributed by atoms with van der Waals surface area (Å²) in [6, 6.07) is 0. The first-order valence-corrected chi connectivity index (χ1v) is 7.06. The minimum Gasteiger partial charge on any atom is -0.459 e. The molecule has 0 atom stereocenters. The minimum atomic E-state index is -1.03. The Morgan fingerprint density at radius 1 is 1.17 bits per heavy atom. The fourth-order valence-electron chi connectivity index (χ4n) is 1.51. The number of carbonyl (C=O) groups is 4. The van der Waals surface area contributed by atoms with Crippen molar-refractivity contribution in [3.8, 4) is 0 Å². The number of ketones is 1. The van der Waals surface area contributed by atoms with Crippen LogP contribution in [-0.4, -0.2) is 48.4 Å². The minimum absolute atomic E-state index is 0.0561. The number of amides is 1. The number of ether oxygens (including phenoxy) is 2. The number of nitrogens with zero attached hydrogens (tertiary/aromatic N) is 1. The molecule has 0 aromatic carbocycles. The first-order valence-electron chi connectivity index (χ1n) is 7.06. The van der Waals surface area contributed by atoms with Gasteiger partial charge in [-0.05, 0) is 13.8 Å². The predicted octanol–water partition coefficient (Wildman–Crippen LogP) is 0.0323. The van der Waals surface area contributed by atoms with Crippen LogP contribution in [0.3, 0.4) is 0 Å². The molecule has 9 nitrogen and oxygen atoms in total. The number of esters is 2. The third-order valence-electron chi connectivity index (χ3n) is 2.56. The van der Waals surface area contributed by atoms with Crippen molar-refractivity contribution in [1.82, 2.24) is 10.3 Å². The molecule has 126 valence electrons. The van der Waals surface area contributed by atoms with Crippen LogP contribution in [0.15, 0.2) is 10.6 Å². The Hall–Kier alpha value is -2.71. The Balaban J connectivity index is 2.35. The zero-order valence-electron chi connectivity index (χ0n) is 12.9. The molecule has 1 N–H and O–H groups in total. The SMILES string of the molecule is CCOC(=O)C(=O)NCC(=O)CCc1cnc(C(=O)OCC)o1. The van der Waals surface area contributed by atoms with Crippen LogP contribution in [0.25, 0.3) is 0 Å². The maximum absolute atomic E-state index is 11.6. The van der Waals surface area contributed by atoms with Gasteiger partial charge in [0.15, 0.2) is 5.78 Å². The molecule has 0 fully saturated rings. The van der Waals surface area contributed by atoms with Gasteiger partial charge in [-0.1, -0.05) is 0 Å². The van der Waals surface area contributed by atoms with Crippen LogP contribution in [0.4, 0.5) is 0 Å². The molecular weight excluding hydrogens is 308 g/mol. The van der Waals surface area contributed by atoms with E-state index in [1.165, 1.54) is 6.20 Å². The molecule has 0 bridgehead atoms. The van der Waals surface area contributed by atoms with Crippen molar-refractivity contribution in [2.45, 2.75) is 26.7 Å². The number of rotatable bonds is 8. The molecule has 1 rings (SSSR count). The van der Waals surface area contributed by atoms with E-state index in [-0.39, 0.29) is 44.3 Å². The lowest BCUT2D eigenvalue weighted by molar-refractivity contribution is -0.154. The lowest BCUT2D eigenvalue weighted by Gasteiger charge is -2.03. The second-order valence-corrected chi connectivity index (χ2v) is 4.29. The van der Waals surface area contributed by atoms with Crippen molar-refractivity contribution in [1.29, 1.82) is 0 Å². The highest BCUT2D eigenvalue weighted by Crippen LogP contribution is 2.08. The number of hydrogen-bond donors (Lipinski definition) is 1. The molecule has 9 heteroatoms. The molecule has 0 spiro atoms. The molecule has 0 aliphatic carbocycles. The van der Waals surface area contributed by atoms with Gasteiger partial charge in [-0.3, -0.25) is 9.59 Å². The summed E-state index contributed by atoms with van der Waals surface area (Å²) in [5, 5.41) is 2.16. The number of hydrogen-bond acceptors (Lipinski definition) is 8. The lowest BCUT2D eigenvalue weighted by Crippen LogP contribution is -2.36. The maximum atomic E-state index is 11.6. The Labute approximate surface area is 132 Å². The topological polar surface area (TPSA) is 125 Å². The summed E-state index contributed by atoms with van der Waals surface area (Å²) in [5.41, 5.74) is 0. The van der Waals surface area contributed by atoms with Crippen molar-refractivity contribution < 1.29 is 33.1 Å². The van der Waals surface area contributed by atoms with Crippen molar-refractivity contribution in [2.24, 2.45) is 0 Å². The van der Waals surface area contributed by atoms with E-state index in [2.05, 4.69) is 15.0 Å². The number of Topliss-reactive ketones (excluding diaryl/α,β-unsaturated/α-hetero) is 1. The largest absolute Gasteiger partial charge is 0.459 e. The molecule has 1 aromatic heterocycles. The van der Waals surface area contributed by atoms with Gasteiger partial charge in [0, 0.05) is 12.8 Å². The Morgan fingerprint density at radius 2 is 1.87 bits per heavy atom. The van der Waals surface area contributed by atoms with Gasteiger partial charge in [-0.2, -0.15) is 0 Å². The van der Waals surface area contributed by atoms with Crippen LogP contribution in [-0.2, 0) is 30.3 Å². The highest BCUT2D eigenvalue weighted by atomic mass is 16.5. The highest BCUT2D eigenvalue weighted by Gasteiger charge is 2.17. The molecule has 1 heterocycles. The summed E-state index contributed by atoms with van der Waals surface area (Å²) < 4.78 is 14.3. The Morgan fingerprint density at radius 3 is 2.52 bits per heavy atom. The zero-order valence-corrected chi connectivity index (χ0v) is 12.9. The number of carbonyl (C=O) groups excluding carboxylic acids is 4. The van der Waals surface area contributed by atoms with E-state index in [9.17, 15) is 19.2 Å². The van der Waals surface area contributed by atoms with Crippen LogP contribution >= 0.6 is 0 Å². The standard InChI is InChI=1S/C14H18N2O7/c1-3-21-13(19)11(18)15-7-9(17)5-6-10-8-16-12(23-10)14(20)22-4-2/h8H,3-7H2,1-2H3,(H,15,18). The van der Waals surface area contributed by atoms with Gasteiger partial charge in [0.05, 0.1) is 26.0 Å². The molecule has 0 unspecified atom stereocenters. The fraction of sp³-hybridized carbons (Fsp3) is 0.500. The molecule has 0 aliphatic rings. The predicted molar refractivity (Wildman–Crippen MR) is 75.4 cm³/mol. The second-order valence-electron chi connectivity index (χ2n) is 4.29. The Kier molecular flexibility index (Phi) is 7.44. The third-order valence-corrected chi connectivity index (χ3v) is 2.56. The van der Waals surface area contributed by atoms with Crippen molar-refractivity contribution in [3.63, 3.8) is 0 Å². The van der Waals surface area contributed by atoms with Crippen molar-refractivity contribution in [2.75, 3.05) is 19.8 Å². The van der Waals surface area contributed by atoms with Gasteiger partial charge in [-0.15, -0.1) is 0 Å². The number of aryl methyl sites for hydroxylation is 1. The van der Waals surface area contributed by atoms with Crippen LogP contribution in [0.5, 0.6) is 0 Å². The van der Waals surface area contributed by atoms with Crippen LogP contribution in [0, 0.1) is 0 Å². The van der Waals surface area contributed by atoms with E-state index in [1.807, 2.05) is 0 Å². The normalized spacial score (nSPS) is 10.0. The number of nitrogens with one attached hydrogen (secondary N) is 1. The molecule has 1 aromatic rings. The second kappa shape index (κ2) is 9.34. The van der Waals surface area contributed by atoms with Crippen molar-refractivity contribution in [3.05, 3.63) is 17.8 Å². The molecule has 23 heavy (non-hydrogen) atoms. The molecular formula is C14H18N2O7. The molecule has 0 aliphatic heterocycles. The summed E-state index contributed by atoms with van der Waals surface area (Å²) >= 11 is 0. The summed E-state index contributed by atoms with van der Waals surface area (Å²) in [6.45, 7) is 3.21. The number of oxazole rings is 1. The summed E-state index contributed by atoms with van der Waals surface area (Å²) in [4.78, 5) is 49.0. The van der Waals surface area contributed by atoms with Crippen molar-refractivity contribution >= 4 is 23.6 Å². The molecule has 1 amide bonds. The van der Waals surface area contributed by atoms with E-state index in [1.54, 1.807) is 13.8 Å².